The zero-order valence-electron chi connectivity index (χ0n) is 9.10. The van der Waals surface area contributed by atoms with E-state index in [9.17, 15) is 9.59 Å². The lowest BCUT2D eigenvalue weighted by molar-refractivity contribution is -0.135. The second-order valence-electron chi connectivity index (χ2n) is 3.07. The second kappa shape index (κ2) is 5.70. The first-order valence-corrected chi connectivity index (χ1v) is 4.70. The summed E-state index contributed by atoms with van der Waals surface area (Å²) in [6, 6.07) is 6.82. The van der Waals surface area contributed by atoms with Crippen LogP contribution in [0.3, 0.4) is 0 Å². The number of carbonyl (C=O) groups is 2. The van der Waals surface area contributed by atoms with Crippen LogP contribution in [0.25, 0.3) is 6.08 Å². The summed E-state index contributed by atoms with van der Waals surface area (Å²) in [5.74, 6) is -0.242. The van der Waals surface area contributed by atoms with Crippen LogP contribution < -0.4 is 4.74 Å². The molecule has 4 nitrogen and oxygen atoms in total. The van der Waals surface area contributed by atoms with Gasteiger partial charge in [-0.05, 0) is 23.8 Å². The topological polar surface area (TPSA) is 52.6 Å². The van der Waals surface area contributed by atoms with Crippen molar-refractivity contribution in [2.24, 2.45) is 0 Å². The normalized spacial score (nSPS) is 10.1. The predicted molar refractivity (Wildman–Crippen MR) is 58.6 cm³/mol. The van der Waals surface area contributed by atoms with Gasteiger partial charge in [0.1, 0.15) is 5.75 Å². The zero-order chi connectivity index (χ0) is 12.0. The Morgan fingerprint density at radius 1 is 1.06 bits per heavy atom. The maximum atomic E-state index is 10.7. The van der Waals surface area contributed by atoms with Gasteiger partial charge < -0.3 is 9.47 Å². The van der Waals surface area contributed by atoms with Gasteiger partial charge >= 0.3 is 11.9 Å². The number of carbonyl (C=O) groups excluding carboxylic acids is 2. The Morgan fingerprint density at radius 2 is 1.69 bits per heavy atom. The molecule has 0 saturated heterocycles. The average Bonchev–Trinajstić information content (AvgIpc) is 2.19. The third kappa shape index (κ3) is 4.41. The van der Waals surface area contributed by atoms with Crippen LogP contribution >= 0.6 is 0 Å². The third-order valence-corrected chi connectivity index (χ3v) is 1.64. The van der Waals surface area contributed by atoms with E-state index < -0.39 is 0 Å². The van der Waals surface area contributed by atoms with Crippen molar-refractivity contribution in [3.63, 3.8) is 0 Å². The maximum Gasteiger partial charge on any atom is 0.308 e. The predicted octanol–water partition coefficient (Wildman–Crippen LogP) is 2.15. The molecule has 0 N–H and O–H groups in total. The Kier molecular flexibility index (Phi) is 4.27. The Bertz CT molecular complexity index is 404. The lowest BCUT2D eigenvalue weighted by Gasteiger charge is -2.00. The van der Waals surface area contributed by atoms with E-state index in [-0.39, 0.29) is 11.9 Å². The van der Waals surface area contributed by atoms with Crippen LogP contribution in [-0.4, -0.2) is 11.9 Å². The summed E-state index contributed by atoms with van der Waals surface area (Å²) in [7, 11) is 0. The van der Waals surface area contributed by atoms with E-state index in [1.807, 2.05) is 0 Å². The fourth-order valence-electron chi connectivity index (χ4n) is 1.02. The molecule has 4 heteroatoms. The molecule has 0 fully saturated rings. The summed E-state index contributed by atoms with van der Waals surface area (Å²) in [6.07, 6.45) is 2.95. The Morgan fingerprint density at radius 3 is 2.19 bits per heavy atom. The molecule has 0 aliphatic carbocycles. The van der Waals surface area contributed by atoms with Crippen molar-refractivity contribution in [2.75, 3.05) is 0 Å². The molecule has 0 saturated carbocycles. The van der Waals surface area contributed by atoms with Gasteiger partial charge in [-0.1, -0.05) is 12.1 Å². The Balaban J connectivity index is 2.60. The molecule has 84 valence electrons. The summed E-state index contributed by atoms with van der Waals surface area (Å²) in [6.45, 7) is 2.67. The van der Waals surface area contributed by atoms with Crippen molar-refractivity contribution in [3.05, 3.63) is 36.1 Å². The van der Waals surface area contributed by atoms with E-state index in [2.05, 4.69) is 4.74 Å². The fraction of sp³-hybridized carbons (Fsp3) is 0.167. The number of hydrogen-bond acceptors (Lipinski definition) is 4. The van der Waals surface area contributed by atoms with Gasteiger partial charge in [0.25, 0.3) is 0 Å². The summed E-state index contributed by atoms with van der Waals surface area (Å²) >= 11 is 0. The van der Waals surface area contributed by atoms with Crippen molar-refractivity contribution in [2.45, 2.75) is 13.8 Å². The standard InChI is InChI=1S/C12H12O4/c1-9(13)15-8-7-11-3-5-12(6-4-11)16-10(2)14/h3-8H,1-2H3. The van der Waals surface area contributed by atoms with E-state index in [4.69, 9.17) is 4.74 Å². The van der Waals surface area contributed by atoms with Gasteiger partial charge in [0.2, 0.25) is 0 Å². The van der Waals surface area contributed by atoms with Crippen LogP contribution in [0.15, 0.2) is 30.5 Å². The number of ether oxygens (including phenoxy) is 2. The molecule has 0 atom stereocenters. The lowest BCUT2D eigenvalue weighted by Crippen LogP contribution is -2.00. The molecule has 16 heavy (non-hydrogen) atoms. The SMILES string of the molecule is CC(=O)OC=Cc1ccc(OC(C)=O)cc1. The highest BCUT2D eigenvalue weighted by Gasteiger charge is 1.96. The molecule has 0 radical (unpaired) electrons. The molecule has 1 aromatic rings. The Hall–Kier alpha value is -2.10. The van der Waals surface area contributed by atoms with Crippen molar-refractivity contribution in [1.29, 1.82) is 0 Å². The molecule has 0 amide bonds. The smallest absolute Gasteiger partial charge is 0.308 e. The van der Waals surface area contributed by atoms with Gasteiger partial charge in [0, 0.05) is 13.8 Å². The van der Waals surface area contributed by atoms with Crippen LogP contribution in [0.1, 0.15) is 19.4 Å². The van der Waals surface area contributed by atoms with Crippen LogP contribution in [0.5, 0.6) is 5.75 Å². The van der Waals surface area contributed by atoms with E-state index in [1.165, 1.54) is 20.1 Å². The third-order valence-electron chi connectivity index (χ3n) is 1.64. The minimum absolute atomic E-state index is 0.358. The zero-order valence-corrected chi connectivity index (χ0v) is 9.10. The van der Waals surface area contributed by atoms with Crippen LogP contribution in [0.2, 0.25) is 0 Å². The molecule has 0 aliphatic heterocycles. The van der Waals surface area contributed by atoms with Gasteiger partial charge in [-0.3, -0.25) is 9.59 Å². The number of esters is 2. The van der Waals surface area contributed by atoms with Gasteiger partial charge in [-0.15, -0.1) is 0 Å². The van der Waals surface area contributed by atoms with E-state index >= 15 is 0 Å². The average molecular weight is 220 g/mol. The first kappa shape index (κ1) is 12.0. The van der Waals surface area contributed by atoms with E-state index in [0.29, 0.717) is 5.75 Å². The molecular weight excluding hydrogens is 208 g/mol. The molecular formula is C12H12O4. The first-order valence-electron chi connectivity index (χ1n) is 4.70. The molecule has 0 heterocycles. The largest absolute Gasteiger partial charge is 0.435 e. The van der Waals surface area contributed by atoms with E-state index in [1.54, 1.807) is 30.3 Å². The van der Waals surface area contributed by atoms with Crippen LogP contribution in [0, 0.1) is 0 Å². The highest BCUT2D eigenvalue weighted by molar-refractivity contribution is 5.69. The highest BCUT2D eigenvalue weighted by Crippen LogP contribution is 2.13. The molecule has 0 spiro atoms. The number of rotatable bonds is 3. The molecule has 0 unspecified atom stereocenters. The van der Waals surface area contributed by atoms with Crippen LogP contribution in [-0.2, 0) is 14.3 Å². The number of benzene rings is 1. The molecule has 1 rings (SSSR count). The van der Waals surface area contributed by atoms with Crippen molar-refractivity contribution < 1.29 is 19.1 Å². The van der Waals surface area contributed by atoms with Crippen molar-refractivity contribution >= 4 is 18.0 Å². The minimum atomic E-state index is -0.368. The monoisotopic (exact) mass is 220 g/mol. The molecule has 0 aliphatic rings. The van der Waals surface area contributed by atoms with Crippen molar-refractivity contribution in [1.82, 2.24) is 0 Å². The highest BCUT2D eigenvalue weighted by atomic mass is 16.5. The van der Waals surface area contributed by atoms with Gasteiger partial charge in [-0.25, -0.2) is 0 Å². The van der Waals surface area contributed by atoms with Gasteiger partial charge in [-0.2, -0.15) is 0 Å². The van der Waals surface area contributed by atoms with E-state index in [0.717, 1.165) is 5.56 Å². The van der Waals surface area contributed by atoms with Crippen molar-refractivity contribution in [3.8, 4) is 5.75 Å². The number of hydrogen-bond donors (Lipinski definition) is 0. The van der Waals surface area contributed by atoms with Gasteiger partial charge in [0.15, 0.2) is 0 Å². The summed E-state index contributed by atoms with van der Waals surface area (Å²) in [5.41, 5.74) is 0.845. The molecule has 0 aromatic heterocycles. The lowest BCUT2D eigenvalue weighted by atomic mass is 10.2. The quantitative estimate of drug-likeness (QED) is 0.445. The molecule has 0 bridgehead atoms. The minimum Gasteiger partial charge on any atom is -0.435 e. The molecule has 1 aromatic carbocycles. The first-order chi connectivity index (χ1) is 7.58. The Labute approximate surface area is 93.5 Å². The van der Waals surface area contributed by atoms with Crippen LogP contribution in [0.4, 0.5) is 0 Å². The summed E-state index contributed by atoms with van der Waals surface area (Å²) in [5, 5.41) is 0. The van der Waals surface area contributed by atoms with Gasteiger partial charge in [0.05, 0.1) is 6.26 Å². The second-order valence-corrected chi connectivity index (χ2v) is 3.07. The summed E-state index contributed by atoms with van der Waals surface area (Å²) < 4.78 is 9.50. The maximum absolute atomic E-state index is 10.7. The fourth-order valence-corrected chi connectivity index (χ4v) is 1.02. The summed E-state index contributed by atoms with van der Waals surface area (Å²) in [4.78, 5) is 21.1.